The Labute approximate surface area is 91.4 Å². The van der Waals surface area contributed by atoms with Crippen LogP contribution in [0.25, 0.3) is 0 Å². The zero-order valence-electron chi connectivity index (χ0n) is 9.62. The summed E-state index contributed by atoms with van der Waals surface area (Å²) in [5.41, 5.74) is 1.27. The topological polar surface area (TPSA) is 28.4 Å². The first kappa shape index (κ1) is 10.7. The molecule has 84 valence electrons. The van der Waals surface area contributed by atoms with Gasteiger partial charge in [0.1, 0.15) is 5.76 Å². The predicted molar refractivity (Wildman–Crippen MR) is 60.8 cm³/mol. The van der Waals surface area contributed by atoms with E-state index in [0.29, 0.717) is 6.04 Å². The standard InChI is InChI=1S/C12H20N2O/c1-10-5-7-15-12(10)9-14-6-3-4-11(8-14)13-2/h5,7,11,13H,3-4,6,8-9H2,1-2H3. The molecule has 1 atom stereocenters. The molecular weight excluding hydrogens is 188 g/mol. The molecule has 1 fully saturated rings. The number of likely N-dealkylation sites (N-methyl/N-ethyl adjacent to an activating group) is 1. The fourth-order valence-electron chi connectivity index (χ4n) is 2.20. The number of piperidine rings is 1. The Bertz CT molecular complexity index is 308. The smallest absolute Gasteiger partial charge is 0.120 e. The maximum atomic E-state index is 5.47. The van der Waals surface area contributed by atoms with Crippen LogP contribution in [-0.2, 0) is 6.54 Å². The molecule has 2 heterocycles. The average Bonchev–Trinajstić information content (AvgIpc) is 2.65. The van der Waals surface area contributed by atoms with Crippen molar-refractivity contribution in [3.8, 4) is 0 Å². The summed E-state index contributed by atoms with van der Waals surface area (Å²) < 4.78 is 5.47. The van der Waals surface area contributed by atoms with Crippen molar-refractivity contribution < 1.29 is 4.42 Å². The Balaban J connectivity index is 1.92. The third-order valence-corrected chi connectivity index (χ3v) is 3.25. The summed E-state index contributed by atoms with van der Waals surface area (Å²) in [6, 6.07) is 2.68. The van der Waals surface area contributed by atoms with Gasteiger partial charge in [0.2, 0.25) is 0 Å². The Morgan fingerprint density at radius 2 is 2.47 bits per heavy atom. The number of hydrogen-bond donors (Lipinski definition) is 1. The van der Waals surface area contributed by atoms with E-state index < -0.39 is 0 Å². The van der Waals surface area contributed by atoms with Crippen molar-refractivity contribution in [3.05, 3.63) is 23.7 Å². The van der Waals surface area contributed by atoms with E-state index in [2.05, 4.69) is 17.1 Å². The van der Waals surface area contributed by atoms with Crippen molar-refractivity contribution in [1.82, 2.24) is 10.2 Å². The number of likely N-dealkylation sites (tertiary alicyclic amines) is 1. The van der Waals surface area contributed by atoms with Crippen LogP contribution in [0.15, 0.2) is 16.7 Å². The van der Waals surface area contributed by atoms with Gasteiger partial charge >= 0.3 is 0 Å². The van der Waals surface area contributed by atoms with E-state index in [0.717, 1.165) is 18.8 Å². The van der Waals surface area contributed by atoms with Gasteiger partial charge in [-0.1, -0.05) is 0 Å². The van der Waals surface area contributed by atoms with Gasteiger partial charge in [-0.3, -0.25) is 4.90 Å². The molecule has 0 spiro atoms. The van der Waals surface area contributed by atoms with Crippen LogP contribution in [0.5, 0.6) is 0 Å². The van der Waals surface area contributed by atoms with Gasteiger partial charge in [-0.05, 0) is 45.0 Å². The van der Waals surface area contributed by atoms with Gasteiger partial charge in [0.05, 0.1) is 12.8 Å². The molecular formula is C12H20N2O. The molecule has 1 saturated heterocycles. The number of nitrogens with zero attached hydrogens (tertiary/aromatic N) is 1. The van der Waals surface area contributed by atoms with Crippen LogP contribution in [-0.4, -0.2) is 31.1 Å². The fourth-order valence-corrected chi connectivity index (χ4v) is 2.20. The van der Waals surface area contributed by atoms with Crippen LogP contribution in [0.1, 0.15) is 24.2 Å². The maximum absolute atomic E-state index is 5.47. The highest BCUT2D eigenvalue weighted by Crippen LogP contribution is 2.16. The first-order valence-corrected chi connectivity index (χ1v) is 5.72. The monoisotopic (exact) mass is 208 g/mol. The van der Waals surface area contributed by atoms with E-state index in [1.54, 1.807) is 6.26 Å². The van der Waals surface area contributed by atoms with Gasteiger partial charge in [0.15, 0.2) is 0 Å². The zero-order valence-corrected chi connectivity index (χ0v) is 9.62. The number of furan rings is 1. The molecule has 3 nitrogen and oxygen atoms in total. The highest BCUT2D eigenvalue weighted by atomic mass is 16.3. The Morgan fingerprint density at radius 1 is 1.60 bits per heavy atom. The minimum atomic E-state index is 0.647. The minimum Gasteiger partial charge on any atom is -0.468 e. The van der Waals surface area contributed by atoms with Crippen molar-refractivity contribution >= 4 is 0 Å². The molecule has 0 bridgehead atoms. The normalized spacial score (nSPS) is 23.2. The third-order valence-electron chi connectivity index (χ3n) is 3.25. The van der Waals surface area contributed by atoms with E-state index in [-0.39, 0.29) is 0 Å². The molecule has 1 N–H and O–H groups in total. The highest BCUT2D eigenvalue weighted by molar-refractivity contribution is 5.14. The van der Waals surface area contributed by atoms with Gasteiger partial charge in [-0.25, -0.2) is 0 Å². The molecule has 0 saturated carbocycles. The number of hydrogen-bond acceptors (Lipinski definition) is 3. The molecule has 0 radical (unpaired) electrons. The quantitative estimate of drug-likeness (QED) is 0.820. The van der Waals surface area contributed by atoms with E-state index in [1.165, 1.54) is 24.9 Å². The van der Waals surface area contributed by atoms with Gasteiger partial charge in [-0.2, -0.15) is 0 Å². The summed E-state index contributed by atoms with van der Waals surface area (Å²) in [5.74, 6) is 1.12. The minimum absolute atomic E-state index is 0.647. The largest absolute Gasteiger partial charge is 0.468 e. The highest BCUT2D eigenvalue weighted by Gasteiger charge is 2.19. The third kappa shape index (κ3) is 2.61. The van der Waals surface area contributed by atoms with Crippen LogP contribution in [0.3, 0.4) is 0 Å². The Kier molecular flexibility index (Phi) is 3.44. The molecule has 1 unspecified atom stereocenters. The van der Waals surface area contributed by atoms with Crippen LogP contribution in [0.2, 0.25) is 0 Å². The summed E-state index contributed by atoms with van der Waals surface area (Å²) in [6.45, 7) is 5.39. The van der Waals surface area contributed by atoms with Crippen molar-refractivity contribution in [2.24, 2.45) is 0 Å². The second-order valence-electron chi connectivity index (χ2n) is 4.39. The SMILES string of the molecule is CNC1CCCN(Cc2occc2C)C1. The van der Waals surface area contributed by atoms with E-state index in [1.807, 2.05) is 13.1 Å². The Morgan fingerprint density at radius 3 is 3.13 bits per heavy atom. The van der Waals surface area contributed by atoms with Crippen LogP contribution >= 0.6 is 0 Å². The summed E-state index contributed by atoms with van der Waals surface area (Å²) in [4.78, 5) is 2.47. The molecule has 1 aliphatic heterocycles. The van der Waals surface area contributed by atoms with E-state index >= 15 is 0 Å². The van der Waals surface area contributed by atoms with Gasteiger partial charge in [0.25, 0.3) is 0 Å². The second kappa shape index (κ2) is 4.81. The van der Waals surface area contributed by atoms with Gasteiger partial charge in [0, 0.05) is 12.6 Å². The summed E-state index contributed by atoms with van der Waals surface area (Å²) in [5, 5.41) is 3.36. The van der Waals surface area contributed by atoms with Crippen LogP contribution in [0, 0.1) is 6.92 Å². The maximum Gasteiger partial charge on any atom is 0.120 e. The summed E-state index contributed by atoms with van der Waals surface area (Å²) >= 11 is 0. The summed E-state index contributed by atoms with van der Waals surface area (Å²) in [6.07, 6.45) is 4.36. The molecule has 15 heavy (non-hydrogen) atoms. The van der Waals surface area contributed by atoms with E-state index in [4.69, 9.17) is 4.42 Å². The number of nitrogens with one attached hydrogen (secondary N) is 1. The van der Waals surface area contributed by atoms with Crippen LogP contribution < -0.4 is 5.32 Å². The van der Waals surface area contributed by atoms with Crippen molar-refractivity contribution in [2.75, 3.05) is 20.1 Å². The van der Waals surface area contributed by atoms with Crippen molar-refractivity contribution in [1.29, 1.82) is 0 Å². The molecule has 1 aliphatic rings. The lowest BCUT2D eigenvalue weighted by Crippen LogP contribution is -2.43. The molecule has 1 aromatic rings. The lowest BCUT2D eigenvalue weighted by molar-refractivity contribution is 0.175. The number of aryl methyl sites for hydroxylation is 1. The first-order valence-electron chi connectivity index (χ1n) is 5.72. The molecule has 0 aliphatic carbocycles. The summed E-state index contributed by atoms with van der Waals surface area (Å²) in [7, 11) is 2.05. The first-order chi connectivity index (χ1) is 7.29. The van der Waals surface area contributed by atoms with Crippen LogP contribution in [0.4, 0.5) is 0 Å². The second-order valence-corrected chi connectivity index (χ2v) is 4.39. The lowest BCUT2D eigenvalue weighted by atomic mass is 10.1. The average molecular weight is 208 g/mol. The molecule has 0 aromatic carbocycles. The Hall–Kier alpha value is -0.800. The van der Waals surface area contributed by atoms with Gasteiger partial charge in [-0.15, -0.1) is 0 Å². The fraction of sp³-hybridized carbons (Fsp3) is 0.667. The van der Waals surface area contributed by atoms with Crippen molar-refractivity contribution in [2.45, 2.75) is 32.4 Å². The predicted octanol–water partition coefficient (Wildman–Crippen LogP) is 1.77. The van der Waals surface area contributed by atoms with Crippen molar-refractivity contribution in [3.63, 3.8) is 0 Å². The molecule has 2 rings (SSSR count). The number of rotatable bonds is 3. The lowest BCUT2D eigenvalue weighted by Gasteiger charge is -2.31. The molecule has 0 amide bonds. The molecule has 1 aromatic heterocycles. The zero-order chi connectivity index (χ0) is 10.7. The van der Waals surface area contributed by atoms with Gasteiger partial charge < -0.3 is 9.73 Å². The molecule has 3 heteroatoms. The van der Waals surface area contributed by atoms with E-state index in [9.17, 15) is 0 Å².